The van der Waals surface area contributed by atoms with Crippen molar-refractivity contribution in [3.8, 4) is 17.3 Å². The monoisotopic (exact) mass is 352 g/mol. The minimum atomic E-state index is -0.419. The molecule has 0 fully saturated rings. The summed E-state index contributed by atoms with van der Waals surface area (Å²) in [6.45, 7) is 5.65. The van der Waals surface area contributed by atoms with Crippen LogP contribution in [-0.4, -0.2) is 27.1 Å². The van der Waals surface area contributed by atoms with Crippen LogP contribution in [-0.2, 0) is 0 Å². The second-order valence-corrected chi connectivity index (χ2v) is 6.07. The lowest BCUT2D eigenvalue weighted by Gasteiger charge is -2.09. The summed E-state index contributed by atoms with van der Waals surface area (Å²) in [5.74, 6) is 1.04. The molecule has 134 valence electrons. The van der Waals surface area contributed by atoms with Crippen LogP contribution in [0.1, 0.15) is 43.1 Å². The number of rotatable bonds is 6. The molecule has 1 amide bonds. The van der Waals surface area contributed by atoms with E-state index in [0.29, 0.717) is 23.2 Å². The molecule has 1 aromatic carbocycles. The van der Waals surface area contributed by atoms with Crippen molar-refractivity contribution < 1.29 is 14.1 Å². The van der Waals surface area contributed by atoms with E-state index in [1.54, 1.807) is 37.4 Å². The largest absolute Gasteiger partial charge is 0.475 e. The number of hydrogen-bond donors (Lipinski definition) is 1. The van der Waals surface area contributed by atoms with Crippen LogP contribution in [0.25, 0.3) is 11.4 Å². The zero-order valence-corrected chi connectivity index (χ0v) is 14.8. The minimum Gasteiger partial charge on any atom is -0.475 e. The fourth-order valence-corrected chi connectivity index (χ4v) is 2.31. The highest BCUT2D eigenvalue weighted by molar-refractivity contribution is 5.94. The van der Waals surface area contributed by atoms with Gasteiger partial charge in [-0.15, -0.1) is 0 Å². The van der Waals surface area contributed by atoms with Crippen molar-refractivity contribution in [2.24, 2.45) is 0 Å². The van der Waals surface area contributed by atoms with Crippen LogP contribution >= 0.6 is 0 Å². The summed E-state index contributed by atoms with van der Waals surface area (Å²) in [5.41, 5.74) is 1.30. The third kappa shape index (κ3) is 4.24. The summed E-state index contributed by atoms with van der Waals surface area (Å²) in [7, 11) is 0. The second kappa shape index (κ2) is 7.77. The molecule has 0 saturated carbocycles. The van der Waals surface area contributed by atoms with Crippen LogP contribution in [0.15, 0.2) is 53.2 Å². The number of aromatic nitrogens is 3. The number of benzene rings is 1. The van der Waals surface area contributed by atoms with Crippen molar-refractivity contribution in [3.05, 3.63) is 60.1 Å². The van der Waals surface area contributed by atoms with Crippen molar-refractivity contribution in [1.82, 2.24) is 20.4 Å². The SMILES string of the molecule is CC(C)Oc1cc(-c2noc(C(C)NC(=O)c3ccccc3)n2)ccn1. The fraction of sp³-hybridized carbons (Fsp3) is 0.263. The highest BCUT2D eigenvalue weighted by Crippen LogP contribution is 2.22. The Morgan fingerprint density at radius 1 is 1.15 bits per heavy atom. The number of amides is 1. The zero-order valence-electron chi connectivity index (χ0n) is 14.8. The molecule has 1 N–H and O–H groups in total. The van der Waals surface area contributed by atoms with E-state index in [1.807, 2.05) is 32.0 Å². The van der Waals surface area contributed by atoms with Gasteiger partial charge in [0.1, 0.15) is 6.04 Å². The average Bonchev–Trinajstić information content (AvgIpc) is 3.12. The van der Waals surface area contributed by atoms with Crippen molar-refractivity contribution >= 4 is 5.91 Å². The molecule has 0 aliphatic carbocycles. The third-order valence-electron chi connectivity index (χ3n) is 3.55. The Morgan fingerprint density at radius 2 is 1.92 bits per heavy atom. The minimum absolute atomic E-state index is 0.0202. The number of carbonyl (C=O) groups is 1. The lowest BCUT2D eigenvalue weighted by Crippen LogP contribution is -2.26. The first-order valence-electron chi connectivity index (χ1n) is 8.35. The van der Waals surface area contributed by atoms with Gasteiger partial charge < -0.3 is 14.6 Å². The molecular weight excluding hydrogens is 332 g/mol. The number of ether oxygens (including phenoxy) is 1. The molecule has 1 unspecified atom stereocenters. The number of carbonyl (C=O) groups excluding carboxylic acids is 1. The summed E-state index contributed by atoms with van der Waals surface area (Å²) < 4.78 is 10.9. The first-order valence-corrected chi connectivity index (χ1v) is 8.35. The van der Waals surface area contributed by atoms with E-state index in [-0.39, 0.29) is 12.0 Å². The molecule has 0 saturated heterocycles. The first-order chi connectivity index (χ1) is 12.5. The van der Waals surface area contributed by atoms with Crippen molar-refractivity contribution in [2.45, 2.75) is 32.9 Å². The molecule has 2 heterocycles. The van der Waals surface area contributed by atoms with Crippen LogP contribution in [0.3, 0.4) is 0 Å². The molecule has 0 spiro atoms. The van der Waals surface area contributed by atoms with E-state index in [2.05, 4.69) is 20.4 Å². The highest BCUT2D eigenvalue weighted by atomic mass is 16.5. The zero-order chi connectivity index (χ0) is 18.5. The maximum atomic E-state index is 12.2. The number of pyridine rings is 1. The Kier molecular flexibility index (Phi) is 5.26. The van der Waals surface area contributed by atoms with Gasteiger partial charge in [-0.05, 0) is 39.0 Å². The van der Waals surface area contributed by atoms with Gasteiger partial charge in [0.25, 0.3) is 5.91 Å². The summed E-state index contributed by atoms with van der Waals surface area (Å²) in [6, 6.07) is 12.1. The lowest BCUT2D eigenvalue weighted by molar-refractivity contribution is 0.0932. The maximum Gasteiger partial charge on any atom is 0.251 e. The molecule has 0 radical (unpaired) electrons. The third-order valence-corrected chi connectivity index (χ3v) is 3.55. The molecule has 26 heavy (non-hydrogen) atoms. The lowest BCUT2D eigenvalue weighted by atomic mass is 10.2. The number of nitrogens with zero attached hydrogens (tertiary/aromatic N) is 3. The highest BCUT2D eigenvalue weighted by Gasteiger charge is 2.18. The Hall–Kier alpha value is -3.22. The Morgan fingerprint density at radius 3 is 2.65 bits per heavy atom. The maximum absolute atomic E-state index is 12.2. The molecule has 0 bridgehead atoms. The standard InChI is InChI=1S/C19H20N4O3/c1-12(2)25-16-11-15(9-10-20-16)17-22-19(26-23-17)13(3)21-18(24)14-7-5-4-6-8-14/h4-13H,1-3H3,(H,21,24). The molecule has 3 rings (SSSR count). The van der Waals surface area contributed by atoms with Gasteiger partial charge in [0, 0.05) is 23.4 Å². The Bertz CT molecular complexity index is 877. The summed E-state index contributed by atoms with van der Waals surface area (Å²) >= 11 is 0. The molecule has 2 aromatic heterocycles. The summed E-state index contributed by atoms with van der Waals surface area (Å²) in [5, 5.41) is 6.83. The van der Waals surface area contributed by atoms with Crippen LogP contribution < -0.4 is 10.1 Å². The molecule has 0 aliphatic rings. The molecule has 7 heteroatoms. The van der Waals surface area contributed by atoms with Crippen molar-refractivity contribution in [1.29, 1.82) is 0 Å². The predicted molar refractivity (Wildman–Crippen MR) is 95.6 cm³/mol. The quantitative estimate of drug-likeness (QED) is 0.731. The van der Waals surface area contributed by atoms with Gasteiger partial charge in [-0.25, -0.2) is 4.98 Å². The van der Waals surface area contributed by atoms with Gasteiger partial charge >= 0.3 is 0 Å². The van der Waals surface area contributed by atoms with E-state index in [4.69, 9.17) is 9.26 Å². The van der Waals surface area contributed by atoms with Crippen LogP contribution in [0, 0.1) is 0 Å². The molecule has 7 nitrogen and oxygen atoms in total. The van der Waals surface area contributed by atoms with E-state index >= 15 is 0 Å². The summed E-state index contributed by atoms with van der Waals surface area (Å²) in [4.78, 5) is 20.8. The predicted octanol–water partition coefficient (Wildman–Crippen LogP) is 3.41. The number of nitrogens with one attached hydrogen (secondary N) is 1. The van der Waals surface area contributed by atoms with E-state index < -0.39 is 6.04 Å². The van der Waals surface area contributed by atoms with E-state index in [9.17, 15) is 4.79 Å². The van der Waals surface area contributed by atoms with E-state index in [0.717, 1.165) is 5.56 Å². The number of hydrogen-bond acceptors (Lipinski definition) is 6. The van der Waals surface area contributed by atoms with Gasteiger partial charge in [-0.3, -0.25) is 4.79 Å². The van der Waals surface area contributed by atoms with Crippen LogP contribution in [0.5, 0.6) is 5.88 Å². The molecule has 3 aromatic rings. The topological polar surface area (TPSA) is 90.1 Å². The van der Waals surface area contributed by atoms with Gasteiger partial charge in [0.2, 0.25) is 17.6 Å². The fourth-order valence-electron chi connectivity index (χ4n) is 2.31. The van der Waals surface area contributed by atoms with Gasteiger partial charge in [-0.1, -0.05) is 23.4 Å². The first kappa shape index (κ1) is 17.6. The van der Waals surface area contributed by atoms with E-state index in [1.165, 1.54) is 0 Å². The molecule has 1 atom stereocenters. The van der Waals surface area contributed by atoms with Crippen LogP contribution in [0.4, 0.5) is 0 Å². The Labute approximate surface area is 151 Å². The van der Waals surface area contributed by atoms with Crippen LogP contribution in [0.2, 0.25) is 0 Å². The second-order valence-electron chi connectivity index (χ2n) is 6.07. The van der Waals surface area contributed by atoms with Gasteiger partial charge in [-0.2, -0.15) is 4.98 Å². The van der Waals surface area contributed by atoms with Crippen molar-refractivity contribution in [3.63, 3.8) is 0 Å². The van der Waals surface area contributed by atoms with Crippen molar-refractivity contribution in [2.75, 3.05) is 0 Å². The average molecular weight is 352 g/mol. The van der Waals surface area contributed by atoms with Gasteiger partial charge in [0.15, 0.2) is 0 Å². The molecule has 0 aliphatic heterocycles. The Balaban J connectivity index is 1.72. The summed E-state index contributed by atoms with van der Waals surface area (Å²) in [6.07, 6.45) is 1.65. The normalized spacial score (nSPS) is 12.0. The van der Waals surface area contributed by atoms with Gasteiger partial charge in [0.05, 0.1) is 6.10 Å². The molecular formula is C19H20N4O3. The smallest absolute Gasteiger partial charge is 0.251 e.